The van der Waals surface area contributed by atoms with Gasteiger partial charge >= 0.3 is 0 Å². The van der Waals surface area contributed by atoms with E-state index in [4.69, 9.17) is 0 Å². The first-order chi connectivity index (χ1) is 7.43. The van der Waals surface area contributed by atoms with Crippen molar-refractivity contribution in [2.75, 3.05) is 17.3 Å². The van der Waals surface area contributed by atoms with Gasteiger partial charge in [-0.2, -0.15) is 11.8 Å². The van der Waals surface area contributed by atoms with Gasteiger partial charge in [-0.15, -0.1) is 11.8 Å². The second kappa shape index (κ2) is 9.17. The average molecular weight is 240 g/mol. The quantitative estimate of drug-likeness (QED) is 0.477. The van der Waals surface area contributed by atoms with Crippen LogP contribution in [0.1, 0.15) is 26.2 Å². The van der Waals surface area contributed by atoms with Crippen molar-refractivity contribution in [2.45, 2.75) is 31.1 Å². The molecule has 84 valence electrons. The van der Waals surface area contributed by atoms with Gasteiger partial charge in [0.2, 0.25) is 0 Å². The summed E-state index contributed by atoms with van der Waals surface area (Å²) in [5.41, 5.74) is 0. The van der Waals surface area contributed by atoms with E-state index in [0.717, 1.165) is 0 Å². The topological polar surface area (TPSA) is 0 Å². The maximum Gasteiger partial charge on any atom is 0.00719 e. The summed E-state index contributed by atoms with van der Waals surface area (Å²) in [6.07, 6.45) is 4.02. The van der Waals surface area contributed by atoms with Gasteiger partial charge in [0.25, 0.3) is 0 Å². The van der Waals surface area contributed by atoms with Crippen LogP contribution in [-0.4, -0.2) is 17.3 Å². The van der Waals surface area contributed by atoms with Gasteiger partial charge in [-0.05, 0) is 48.7 Å². The highest BCUT2D eigenvalue weighted by Gasteiger charge is 1.93. The van der Waals surface area contributed by atoms with Gasteiger partial charge in [-0.3, -0.25) is 0 Å². The fourth-order valence-corrected chi connectivity index (χ4v) is 3.09. The van der Waals surface area contributed by atoms with Crippen molar-refractivity contribution in [3.8, 4) is 0 Å². The predicted molar refractivity (Wildman–Crippen MR) is 74.0 cm³/mol. The summed E-state index contributed by atoms with van der Waals surface area (Å²) >= 11 is 4.07. The lowest BCUT2D eigenvalue weighted by Crippen LogP contribution is -1.85. The Labute approximate surface area is 102 Å². The Morgan fingerprint density at radius 3 is 2.40 bits per heavy atom. The van der Waals surface area contributed by atoms with Crippen molar-refractivity contribution in [1.29, 1.82) is 0 Å². The number of hydrogen-bond acceptors (Lipinski definition) is 2. The standard InChI is InChI=1S/C13H20S2/c1-2-10-14-11-6-7-12-15-13-8-4-3-5-9-13/h3-5,8-9H,2,6-7,10-12H2,1H3. The fourth-order valence-electron chi connectivity index (χ4n) is 1.26. The summed E-state index contributed by atoms with van der Waals surface area (Å²) in [6.45, 7) is 2.25. The molecule has 15 heavy (non-hydrogen) atoms. The Bertz CT molecular complexity index is 234. The summed E-state index contributed by atoms with van der Waals surface area (Å²) in [6, 6.07) is 10.7. The van der Waals surface area contributed by atoms with E-state index in [-0.39, 0.29) is 0 Å². The van der Waals surface area contributed by atoms with Crippen LogP contribution in [0.4, 0.5) is 0 Å². The van der Waals surface area contributed by atoms with E-state index in [1.54, 1.807) is 0 Å². The van der Waals surface area contributed by atoms with E-state index in [1.807, 2.05) is 11.8 Å². The molecule has 0 saturated heterocycles. The lowest BCUT2D eigenvalue weighted by Gasteiger charge is -2.01. The lowest BCUT2D eigenvalue weighted by molar-refractivity contribution is 0.905. The summed E-state index contributed by atoms with van der Waals surface area (Å²) in [7, 11) is 0. The molecule has 0 unspecified atom stereocenters. The van der Waals surface area contributed by atoms with Crippen LogP contribution in [-0.2, 0) is 0 Å². The first kappa shape index (κ1) is 13.0. The molecule has 1 aromatic rings. The van der Waals surface area contributed by atoms with Crippen LogP contribution >= 0.6 is 23.5 Å². The monoisotopic (exact) mass is 240 g/mol. The van der Waals surface area contributed by atoms with Gasteiger partial charge < -0.3 is 0 Å². The highest BCUT2D eigenvalue weighted by Crippen LogP contribution is 2.18. The first-order valence-corrected chi connectivity index (χ1v) is 7.83. The summed E-state index contributed by atoms with van der Waals surface area (Å²) in [5.74, 6) is 3.92. The van der Waals surface area contributed by atoms with E-state index in [2.05, 4.69) is 49.0 Å². The van der Waals surface area contributed by atoms with E-state index in [9.17, 15) is 0 Å². The number of hydrogen-bond donors (Lipinski definition) is 0. The Kier molecular flexibility index (Phi) is 7.94. The van der Waals surface area contributed by atoms with Crippen LogP contribution in [0.15, 0.2) is 35.2 Å². The molecule has 0 N–H and O–H groups in total. The minimum Gasteiger partial charge on any atom is -0.162 e. The average Bonchev–Trinajstić information content (AvgIpc) is 2.29. The molecule has 0 fully saturated rings. The van der Waals surface area contributed by atoms with Gasteiger partial charge in [0.1, 0.15) is 0 Å². The fraction of sp³-hybridized carbons (Fsp3) is 0.538. The van der Waals surface area contributed by atoms with Crippen molar-refractivity contribution in [3.05, 3.63) is 30.3 Å². The largest absolute Gasteiger partial charge is 0.162 e. The third-order valence-electron chi connectivity index (χ3n) is 2.04. The Morgan fingerprint density at radius 2 is 1.67 bits per heavy atom. The minimum absolute atomic E-state index is 1.26. The number of rotatable bonds is 8. The Hall–Kier alpha value is -0.0800. The van der Waals surface area contributed by atoms with Crippen molar-refractivity contribution < 1.29 is 0 Å². The molecule has 0 aliphatic heterocycles. The SMILES string of the molecule is CCCSCCCCSc1ccccc1. The second-order valence-corrected chi connectivity index (χ2v) is 5.87. The van der Waals surface area contributed by atoms with E-state index in [1.165, 1.54) is 41.4 Å². The Morgan fingerprint density at radius 1 is 0.933 bits per heavy atom. The van der Waals surface area contributed by atoms with Gasteiger partial charge in [0, 0.05) is 4.90 Å². The molecule has 2 heteroatoms. The molecule has 0 amide bonds. The van der Waals surface area contributed by atoms with Gasteiger partial charge in [0.05, 0.1) is 0 Å². The van der Waals surface area contributed by atoms with E-state index >= 15 is 0 Å². The zero-order valence-corrected chi connectivity index (χ0v) is 11.1. The Balaban J connectivity index is 1.93. The minimum atomic E-state index is 1.26. The molecule has 0 radical (unpaired) electrons. The van der Waals surface area contributed by atoms with E-state index in [0.29, 0.717) is 0 Å². The summed E-state index contributed by atoms with van der Waals surface area (Å²) in [5, 5.41) is 0. The molecule has 1 aromatic carbocycles. The van der Waals surface area contributed by atoms with E-state index < -0.39 is 0 Å². The highest BCUT2D eigenvalue weighted by atomic mass is 32.2. The normalized spacial score (nSPS) is 10.5. The molecular formula is C13H20S2. The molecule has 0 aliphatic carbocycles. The van der Waals surface area contributed by atoms with Crippen LogP contribution in [0.5, 0.6) is 0 Å². The van der Waals surface area contributed by atoms with Gasteiger partial charge in [-0.25, -0.2) is 0 Å². The van der Waals surface area contributed by atoms with Crippen LogP contribution < -0.4 is 0 Å². The van der Waals surface area contributed by atoms with Crippen LogP contribution in [0.3, 0.4) is 0 Å². The first-order valence-electron chi connectivity index (χ1n) is 5.69. The smallest absolute Gasteiger partial charge is 0.00719 e. The summed E-state index contributed by atoms with van der Waals surface area (Å²) < 4.78 is 0. The zero-order chi connectivity index (χ0) is 10.8. The molecular weight excluding hydrogens is 220 g/mol. The van der Waals surface area contributed by atoms with Crippen molar-refractivity contribution in [1.82, 2.24) is 0 Å². The van der Waals surface area contributed by atoms with Crippen molar-refractivity contribution in [3.63, 3.8) is 0 Å². The molecule has 0 bridgehead atoms. The number of benzene rings is 1. The van der Waals surface area contributed by atoms with Gasteiger partial charge in [0.15, 0.2) is 0 Å². The molecule has 0 aromatic heterocycles. The van der Waals surface area contributed by atoms with Crippen molar-refractivity contribution >= 4 is 23.5 Å². The third-order valence-corrected chi connectivity index (χ3v) is 4.42. The molecule has 0 atom stereocenters. The molecule has 0 spiro atoms. The van der Waals surface area contributed by atoms with Gasteiger partial charge in [-0.1, -0.05) is 25.1 Å². The van der Waals surface area contributed by atoms with Crippen LogP contribution in [0.2, 0.25) is 0 Å². The third kappa shape index (κ3) is 6.91. The molecule has 1 rings (SSSR count). The second-order valence-electron chi connectivity index (χ2n) is 3.48. The molecule has 0 aliphatic rings. The highest BCUT2D eigenvalue weighted by molar-refractivity contribution is 7.99. The van der Waals surface area contributed by atoms with Crippen LogP contribution in [0.25, 0.3) is 0 Å². The zero-order valence-electron chi connectivity index (χ0n) is 9.45. The maximum atomic E-state index is 2.25. The molecule has 0 saturated carbocycles. The molecule has 0 heterocycles. The lowest BCUT2D eigenvalue weighted by atomic mass is 10.4. The number of unbranched alkanes of at least 4 members (excludes halogenated alkanes) is 1. The maximum absolute atomic E-state index is 2.25. The number of thioether (sulfide) groups is 2. The molecule has 0 nitrogen and oxygen atoms in total. The van der Waals surface area contributed by atoms with Crippen molar-refractivity contribution in [2.24, 2.45) is 0 Å². The summed E-state index contributed by atoms with van der Waals surface area (Å²) in [4.78, 5) is 1.40. The van der Waals surface area contributed by atoms with Crippen LogP contribution in [0, 0.1) is 0 Å². The predicted octanol–water partition coefficient (Wildman–Crippen LogP) is 4.70.